The molecule has 30 heavy (non-hydrogen) atoms. The minimum absolute atomic E-state index is 0.189. The van der Waals surface area contributed by atoms with Gasteiger partial charge in [0, 0.05) is 33.7 Å². The van der Waals surface area contributed by atoms with Crippen LogP contribution in [0.5, 0.6) is 0 Å². The van der Waals surface area contributed by atoms with Gasteiger partial charge in [0.15, 0.2) is 5.78 Å². The molecule has 0 spiro atoms. The molecule has 2 aromatic carbocycles. The monoisotopic (exact) mass is 488 g/mol. The van der Waals surface area contributed by atoms with E-state index in [4.69, 9.17) is 23.2 Å². The summed E-state index contributed by atoms with van der Waals surface area (Å²) >= 11 is 13.8. The average molecular weight is 489 g/mol. The molecule has 0 aliphatic heterocycles. The Morgan fingerprint density at radius 1 is 1.10 bits per heavy atom. The van der Waals surface area contributed by atoms with E-state index in [-0.39, 0.29) is 18.0 Å². The predicted molar refractivity (Wildman–Crippen MR) is 124 cm³/mol. The van der Waals surface area contributed by atoms with Gasteiger partial charge in [-0.1, -0.05) is 41.4 Å². The molecule has 162 valence electrons. The Morgan fingerprint density at radius 3 is 2.33 bits per heavy atom. The fraction of sp³-hybridized carbons (Fsp3) is 0.300. The smallest absolute Gasteiger partial charge is 0.240 e. The lowest BCUT2D eigenvalue weighted by molar-refractivity contribution is -0.119. The van der Waals surface area contributed by atoms with Crippen LogP contribution in [-0.2, 0) is 20.6 Å². The molecule has 0 radical (unpaired) electrons. The predicted octanol–water partition coefficient (Wildman–Crippen LogP) is 4.01. The summed E-state index contributed by atoms with van der Waals surface area (Å²) in [5, 5.41) is 3.90. The van der Waals surface area contributed by atoms with Crippen LogP contribution >= 0.6 is 35.0 Å². The van der Waals surface area contributed by atoms with Crippen LogP contribution in [0, 0.1) is 0 Å². The lowest BCUT2D eigenvalue weighted by Gasteiger charge is -2.22. The lowest BCUT2D eigenvalue weighted by atomic mass is 10.1. The van der Waals surface area contributed by atoms with E-state index < -0.39 is 15.9 Å². The molecule has 0 aromatic heterocycles. The van der Waals surface area contributed by atoms with Crippen LogP contribution in [0.4, 0.5) is 5.69 Å². The normalized spacial score (nSPS) is 11.2. The zero-order valence-electron chi connectivity index (χ0n) is 16.5. The number of nitrogens with zero attached hydrogens (tertiary/aromatic N) is 1. The van der Waals surface area contributed by atoms with Crippen LogP contribution < -0.4 is 9.62 Å². The number of amides is 1. The number of thioether (sulfide) groups is 1. The maximum Gasteiger partial charge on any atom is 0.240 e. The Morgan fingerprint density at radius 2 is 1.73 bits per heavy atom. The summed E-state index contributed by atoms with van der Waals surface area (Å²) < 4.78 is 25.3. The van der Waals surface area contributed by atoms with Gasteiger partial charge in [0.05, 0.1) is 11.9 Å². The molecule has 0 aliphatic rings. The van der Waals surface area contributed by atoms with Crippen molar-refractivity contribution in [1.29, 1.82) is 0 Å². The molecule has 0 unspecified atom stereocenters. The molecular formula is C20H22Cl2N2O4S2. The number of benzene rings is 2. The van der Waals surface area contributed by atoms with Gasteiger partial charge in [-0.2, -0.15) is 11.8 Å². The van der Waals surface area contributed by atoms with Crippen molar-refractivity contribution in [3.05, 3.63) is 63.6 Å². The highest BCUT2D eigenvalue weighted by atomic mass is 35.5. The molecule has 2 aromatic rings. The van der Waals surface area contributed by atoms with Gasteiger partial charge in [-0.25, -0.2) is 8.42 Å². The van der Waals surface area contributed by atoms with Crippen molar-refractivity contribution in [3.8, 4) is 0 Å². The lowest BCUT2D eigenvalue weighted by Crippen LogP contribution is -2.41. The van der Waals surface area contributed by atoms with Gasteiger partial charge in [-0.15, -0.1) is 0 Å². The van der Waals surface area contributed by atoms with Gasteiger partial charge in [-0.3, -0.25) is 13.9 Å². The molecule has 0 heterocycles. The van der Waals surface area contributed by atoms with Crippen molar-refractivity contribution in [2.45, 2.75) is 12.7 Å². The van der Waals surface area contributed by atoms with E-state index in [0.29, 0.717) is 33.7 Å². The number of anilines is 1. The molecule has 0 saturated heterocycles. The number of carbonyl (C=O) groups excluding carboxylic acids is 2. The minimum atomic E-state index is -3.71. The van der Waals surface area contributed by atoms with Crippen LogP contribution in [0.2, 0.25) is 10.0 Å². The number of rotatable bonds is 10. The summed E-state index contributed by atoms with van der Waals surface area (Å²) in [4.78, 5) is 23.9. The topological polar surface area (TPSA) is 83.6 Å². The highest BCUT2D eigenvalue weighted by molar-refractivity contribution is 7.98. The first-order valence-electron chi connectivity index (χ1n) is 8.95. The summed E-state index contributed by atoms with van der Waals surface area (Å²) in [6.07, 6.45) is 1.02. The van der Waals surface area contributed by atoms with Crippen molar-refractivity contribution in [2.24, 2.45) is 0 Å². The third-order valence-electron chi connectivity index (χ3n) is 4.10. The van der Waals surface area contributed by atoms with Crippen molar-refractivity contribution >= 4 is 62.4 Å². The number of sulfonamides is 1. The molecular weight excluding hydrogens is 467 g/mol. The Labute approximate surface area is 191 Å². The van der Waals surface area contributed by atoms with Crippen molar-refractivity contribution in [3.63, 3.8) is 0 Å². The maximum absolute atomic E-state index is 12.3. The Kier molecular flexibility index (Phi) is 9.03. The van der Waals surface area contributed by atoms with Gasteiger partial charge in [0.25, 0.3) is 0 Å². The van der Waals surface area contributed by atoms with Crippen molar-refractivity contribution in [1.82, 2.24) is 5.32 Å². The second kappa shape index (κ2) is 11.0. The summed E-state index contributed by atoms with van der Waals surface area (Å²) in [5.74, 6) is 0.573. The van der Waals surface area contributed by atoms with Gasteiger partial charge in [0.1, 0.15) is 6.54 Å². The van der Waals surface area contributed by atoms with Gasteiger partial charge >= 0.3 is 0 Å². The first kappa shape index (κ1) is 24.5. The summed E-state index contributed by atoms with van der Waals surface area (Å²) in [6.45, 7) is 1.38. The molecule has 0 bridgehead atoms. The largest absolute Gasteiger partial charge is 0.354 e. The number of Topliss-reactive ketones (excluding diaryl/α,β-unsaturated/α-hetero) is 1. The van der Waals surface area contributed by atoms with E-state index in [2.05, 4.69) is 5.32 Å². The van der Waals surface area contributed by atoms with Crippen molar-refractivity contribution in [2.75, 3.05) is 29.4 Å². The first-order chi connectivity index (χ1) is 14.1. The molecule has 1 amide bonds. The number of hydrogen-bond acceptors (Lipinski definition) is 5. The number of carbonyl (C=O) groups is 2. The molecule has 0 fully saturated rings. The van der Waals surface area contributed by atoms with E-state index >= 15 is 0 Å². The second-order valence-electron chi connectivity index (χ2n) is 6.48. The summed E-state index contributed by atoms with van der Waals surface area (Å²) in [6, 6.07) is 11.5. The molecule has 0 saturated carbocycles. The van der Waals surface area contributed by atoms with Gasteiger partial charge in [-0.05, 0) is 36.8 Å². The molecule has 0 atom stereocenters. The Hall–Kier alpha value is -1.74. The first-order valence-corrected chi connectivity index (χ1v) is 12.7. The quantitative estimate of drug-likeness (QED) is 0.403. The zero-order valence-corrected chi connectivity index (χ0v) is 19.7. The Bertz CT molecular complexity index is 1010. The number of ketones is 1. The highest BCUT2D eigenvalue weighted by Gasteiger charge is 2.21. The van der Waals surface area contributed by atoms with E-state index in [1.54, 1.807) is 48.2 Å². The van der Waals surface area contributed by atoms with E-state index in [1.165, 1.54) is 13.0 Å². The summed E-state index contributed by atoms with van der Waals surface area (Å²) in [7, 11) is -3.71. The number of halogens is 2. The maximum atomic E-state index is 12.3. The van der Waals surface area contributed by atoms with Gasteiger partial charge < -0.3 is 5.32 Å². The van der Waals surface area contributed by atoms with Crippen LogP contribution in [0.25, 0.3) is 0 Å². The van der Waals surface area contributed by atoms with Crippen LogP contribution in [0.1, 0.15) is 22.8 Å². The fourth-order valence-corrected chi connectivity index (χ4v) is 5.02. The molecule has 1 N–H and O–H groups in total. The van der Waals surface area contributed by atoms with Crippen LogP contribution in [-0.4, -0.2) is 45.2 Å². The zero-order chi connectivity index (χ0) is 22.3. The molecule has 2 rings (SSSR count). The fourth-order valence-electron chi connectivity index (χ4n) is 2.57. The molecule has 10 heteroatoms. The molecule has 0 aliphatic carbocycles. The van der Waals surface area contributed by atoms with Crippen molar-refractivity contribution < 1.29 is 18.0 Å². The van der Waals surface area contributed by atoms with E-state index in [9.17, 15) is 18.0 Å². The standard InChI is InChI=1S/C20H22Cl2N2O4S2/c1-14(25)15-5-3-6-16(11-15)24(30(2,27)28)12-20(26)23-9-10-29-13-17-18(21)7-4-8-19(17)22/h3-8,11H,9-10,12-13H2,1-2H3,(H,23,26). The van der Waals surface area contributed by atoms with Gasteiger partial charge in [0.2, 0.25) is 15.9 Å². The number of hydrogen-bond donors (Lipinski definition) is 1. The SMILES string of the molecule is CC(=O)c1cccc(N(CC(=O)NCCSCc2c(Cl)cccc2Cl)S(C)(=O)=O)c1. The van der Waals surface area contributed by atoms with E-state index in [0.717, 1.165) is 16.1 Å². The van der Waals surface area contributed by atoms with Crippen LogP contribution in [0.3, 0.4) is 0 Å². The van der Waals surface area contributed by atoms with E-state index in [1.807, 2.05) is 0 Å². The highest BCUT2D eigenvalue weighted by Crippen LogP contribution is 2.28. The summed E-state index contributed by atoms with van der Waals surface area (Å²) in [5.41, 5.74) is 1.48. The Balaban J connectivity index is 1.91. The third kappa shape index (κ3) is 7.19. The third-order valence-corrected chi connectivity index (χ3v) is 6.94. The number of nitrogens with one attached hydrogen (secondary N) is 1. The second-order valence-corrected chi connectivity index (χ2v) is 10.3. The average Bonchev–Trinajstić information content (AvgIpc) is 2.67. The molecule has 6 nitrogen and oxygen atoms in total. The minimum Gasteiger partial charge on any atom is -0.354 e. The van der Waals surface area contributed by atoms with Crippen LogP contribution in [0.15, 0.2) is 42.5 Å².